The van der Waals surface area contributed by atoms with E-state index < -0.39 is 0 Å². The summed E-state index contributed by atoms with van der Waals surface area (Å²) < 4.78 is 0. The third-order valence-electron chi connectivity index (χ3n) is 5.86. The number of hydrogen-bond acceptors (Lipinski definition) is 1. The predicted molar refractivity (Wildman–Crippen MR) is 125 cm³/mol. The summed E-state index contributed by atoms with van der Waals surface area (Å²) in [6.07, 6.45) is 2.12. The normalized spacial score (nSPS) is 15.6. The Morgan fingerprint density at radius 2 is 1.40 bits per heavy atom. The minimum atomic E-state index is 0.0760. The van der Waals surface area contributed by atoms with Crippen molar-refractivity contribution in [3.63, 3.8) is 0 Å². The molecule has 4 aromatic rings. The molecule has 0 amide bonds. The molecule has 0 spiro atoms. The van der Waals surface area contributed by atoms with Crippen LogP contribution in [0.25, 0.3) is 27.1 Å². The Hall–Kier alpha value is -3.59. The maximum Gasteiger partial charge on any atom is 0.194 e. The van der Waals surface area contributed by atoms with E-state index in [0.29, 0.717) is 0 Å². The van der Waals surface area contributed by atoms with Crippen molar-refractivity contribution in [3.8, 4) is 5.75 Å². The molecule has 0 atom stereocenters. The Kier molecular flexibility index (Phi) is 4.14. The van der Waals surface area contributed by atoms with Crippen molar-refractivity contribution in [1.29, 1.82) is 0 Å². The van der Waals surface area contributed by atoms with Crippen molar-refractivity contribution in [1.82, 2.24) is 4.98 Å². The molecule has 1 aliphatic rings. The van der Waals surface area contributed by atoms with E-state index in [4.69, 9.17) is 4.99 Å². The van der Waals surface area contributed by atoms with Gasteiger partial charge in [-0.1, -0.05) is 48.5 Å². The Morgan fingerprint density at radius 1 is 0.833 bits per heavy atom. The molecular weight excluding hydrogens is 368 g/mol. The molecule has 0 fully saturated rings. The first kappa shape index (κ1) is 18.4. The average Bonchev–Trinajstić information content (AvgIpc) is 3.24. The molecule has 1 N–H and O–H groups in total. The van der Waals surface area contributed by atoms with Gasteiger partial charge in [0.2, 0.25) is 0 Å². The van der Waals surface area contributed by atoms with Crippen LogP contribution in [0.3, 0.4) is 0 Å². The Balaban J connectivity index is 2.04. The topological polar surface area (TPSA) is 48.0 Å². The van der Waals surface area contributed by atoms with Crippen LogP contribution in [0.15, 0.2) is 76.9 Å². The predicted octanol–water partition coefficient (Wildman–Crippen LogP) is 7.26. The number of aromatic amines is 1. The number of nitrogens with one attached hydrogen (secondary N) is 1. The van der Waals surface area contributed by atoms with E-state index in [2.05, 4.69) is 50.0 Å². The highest BCUT2D eigenvalue weighted by atomic mass is 16.3. The molecule has 0 saturated heterocycles. The zero-order valence-electron chi connectivity index (χ0n) is 17.6. The van der Waals surface area contributed by atoms with Gasteiger partial charge in [-0.2, -0.15) is 0 Å². The Labute approximate surface area is 176 Å². The monoisotopic (exact) mass is 391 g/mol. The first-order chi connectivity index (χ1) is 14.5. The number of nitrogens with zero attached hydrogens (tertiary/aromatic N) is 1. The van der Waals surface area contributed by atoms with Crippen molar-refractivity contribution < 1.29 is 5.11 Å². The summed E-state index contributed by atoms with van der Waals surface area (Å²) in [6.45, 7) is 8.32. The van der Waals surface area contributed by atoms with Gasteiger partial charge in [-0.15, -0.1) is 0 Å². The quantitative estimate of drug-likeness (QED) is 0.350. The minimum Gasteiger partial charge on any atom is -0.358 e. The van der Waals surface area contributed by atoms with Crippen LogP contribution in [0.4, 0.5) is 0 Å². The third kappa shape index (κ3) is 2.70. The fourth-order valence-corrected chi connectivity index (χ4v) is 4.64. The second kappa shape index (κ2) is 6.74. The minimum absolute atomic E-state index is 0.0760. The highest BCUT2D eigenvalue weighted by Gasteiger charge is 2.25. The highest BCUT2D eigenvalue weighted by Crippen LogP contribution is 2.45. The van der Waals surface area contributed by atoms with Crippen molar-refractivity contribution in [2.24, 2.45) is 4.99 Å². The zero-order chi connectivity index (χ0) is 21.0. The number of aryl methyl sites for hydroxylation is 2. The Bertz CT molecular complexity index is 1370. The molecule has 0 aliphatic carbocycles. The second-order valence-electron chi connectivity index (χ2n) is 8.11. The first-order valence-corrected chi connectivity index (χ1v) is 10.2. The van der Waals surface area contributed by atoms with Crippen molar-refractivity contribution in [2.45, 2.75) is 27.7 Å². The van der Waals surface area contributed by atoms with Gasteiger partial charge in [-0.3, -0.25) is 10.1 Å². The number of H-pyrrole nitrogens is 1. The standard InChI is InChI=1S/C27H23N2O/c1-15-13-17(3)28-25(15)24(26-16(2)14-18(4)29-26)23-19-9-5-7-11-21(19)27(30)22-12-8-6-10-20(22)23/h5-14,28H,1-4H3/b26-24+. The molecule has 0 bridgehead atoms. The van der Waals surface area contributed by atoms with E-state index in [1.54, 1.807) is 0 Å². The van der Waals surface area contributed by atoms with Gasteiger partial charge in [-0.05, 0) is 61.7 Å². The molecule has 30 heavy (non-hydrogen) atoms. The zero-order valence-corrected chi connectivity index (χ0v) is 17.6. The number of rotatable bonds is 2. The van der Waals surface area contributed by atoms with Crippen LogP contribution < -0.4 is 0 Å². The van der Waals surface area contributed by atoms with E-state index in [9.17, 15) is 5.11 Å². The van der Waals surface area contributed by atoms with Gasteiger partial charge >= 0.3 is 0 Å². The van der Waals surface area contributed by atoms with E-state index in [-0.39, 0.29) is 5.75 Å². The molecule has 1 aliphatic heterocycles. The summed E-state index contributed by atoms with van der Waals surface area (Å²) in [4.78, 5) is 8.48. The molecule has 0 unspecified atom stereocenters. The third-order valence-corrected chi connectivity index (χ3v) is 5.86. The number of fused-ring (bicyclic) bond motifs is 2. The maximum atomic E-state index is 13.2. The molecular formula is C27H23N2O. The van der Waals surface area contributed by atoms with Gasteiger partial charge < -0.3 is 4.98 Å². The summed E-state index contributed by atoms with van der Waals surface area (Å²) in [6, 6.07) is 18.0. The molecule has 147 valence electrons. The molecule has 0 saturated carbocycles. The second-order valence-corrected chi connectivity index (χ2v) is 8.11. The van der Waals surface area contributed by atoms with Crippen LogP contribution in [-0.2, 0) is 5.11 Å². The number of benzene rings is 3. The van der Waals surface area contributed by atoms with Gasteiger partial charge in [0, 0.05) is 33.3 Å². The number of aromatic nitrogens is 1. The number of allylic oxidation sites excluding steroid dienone is 2. The fraction of sp³-hybridized carbons (Fsp3) is 0.148. The maximum absolute atomic E-state index is 13.2. The van der Waals surface area contributed by atoms with Crippen molar-refractivity contribution >= 4 is 32.8 Å². The number of aliphatic imine (C=N–C) groups is 1. The van der Waals surface area contributed by atoms with E-state index in [1.807, 2.05) is 43.3 Å². The van der Waals surface area contributed by atoms with Gasteiger partial charge in [0.05, 0.1) is 11.4 Å². The van der Waals surface area contributed by atoms with Crippen LogP contribution in [0, 0.1) is 13.8 Å². The largest absolute Gasteiger partial charge is 0.358 e. The molecule has 1 radical (unpaired) electrons. The molecule has 3 nitrogen and oxygen atoms in total. The summed E-state index contributed by atoms with van der Waals surface area (Å²) in [5, 5.41) is 16.6. The van der Waals surface area contributed by atoms with Gasteiger partial charge in [0.15, 0.2) is 5.75 Å². The highest BCUT2D eigenvalue weighted by molar-refractivity contribution is 6.16. The molecule has 2 heterocycles. The molecule has 5 rings (SSSR count). The lowest BCUT2D eigenvalue weighted by Crippen LogP contribution is -1.99. The average molecular weight is 391 g/mol. The first-order valence-electron chi connectivity index (χ1n) is 10.2. The van der Waals surface area contributed by atoms with Crippen molar-refractivity contribution in [3.05, 3.63) is 94.5 Å². The summed E-state index contributed by atoms with van der Waals surface area (Å²) >= 11 is 0. The molecule has 3 heteroatoms. The van der Waals surface area contributed by atoms with Gasteiger partial charge in [0.25, 0.3) is 0 Å². The van der Waals surface area contributed by atoms with Crippen LogP contribution in [0.2, 0.25) is 0 Å². The summed E-state index contributed by atoms with van der Waals surface area (Å²) in [5.74, 6) is 0.0760. The summed E-state index contributed by atoms with van der Waals surface area (Å²) in [7, 11) is 0. The smallest absolute Gasteiger partial charge is 0.194 e. The molecule has 1 aromatic heterocycles. The lowest BCUT2D eigenvalue weighted by molar-refractivity contribution is 0.365. The van der Waals surface area contributed by atoms with Gasteiger partial charge in [-0.25, -0.2) is 0 Å². The van der Waals surface area contributed by atoms with Crippen molar-refractivity contribution in [2.75, 3.05) is 0 Å². The van der Waals surface area contributed by atoms with Crippen LogP contribution in [-0.4, -0.2) is 10.7 Å². The molecule has 3 aromatic carbocycles. The SMILES string of the molecule is CC1=CC(C)=N/C1=C(/c1[nH]c(C)cc1C)c1c2ccccc2c([O])c2ccccc12. The van der Waals surface area contributed by atoms with Gasteiger partial charge in [0.1, 0.15) is 0 Å². The van der Waals surface area contributed by atoms with E-state index in [1.165, 1.54) is 5.56 Å². The number of hydrogen-bond donors (Lipinski definition) is 1. The lowest BCUT2D eigenvalue weighted by atomic mass is 9.87. The van der Waals surface area contributed by atoms with Crippen LogP contribution >= 0.6 is 0 Å². The Morgan fingerprint density at radius 3 is 1.87 bits per heavy atom. The lowest BCUT2D eigenvalue weighted by Gasteiger charge is -2.18. The summed E-state index contributed by atoms with van der Waals surface area (Å²) in [5.41, 5.74) is 8.54. The fourth-order valence-electron chi connectivity index (χ4n) is 4.64. The van der Waals surface area contributed by atoms with Crippen LogP contribution in [0.1, 0.15) is 36.4 Å². The van der Waals surface area contributed by atoms with E-state index >= 15 is 0 Å². The van der Waals surface area contributed by atoms with Crippen LogP contribution in [0.5, 0.6) is 5.75 Å². The van der Waals surface area contributed by atoms with E-state index in [0.717, 1.165) is 61.1 Å².